The van der Waals surface area contributed by atoms with Crippen molar-refractivity contribution in [3.8, 4) is 11.3 Å². The molecular weight excluding hydrogens is 353 g/mol. The van der Waals surface area contributed by atoms with Crippen LogP contribution in [0.1, 0.15) is 28.2 Å². The predicted molar refractivity (Wildman–Crippen MR) is 100 cm³/mol. The average Bonchev–Trinajstić information content (AvgIpc) is 2.95. The van der Waals surface area contributed by atoms with E-state index in [0.717, 1.165) is 42.2 Å². The van der Waals surface area contributed by atoms with Gasteiger partial charge in [0.15, 0.2) is 0 Å². The summed E-state index contributed by atoms with van der Waals surface area (Å²) in [6.45, 7) is 3.94. The number of carbonyl (C=O) groups excluding carboxylic acids is 1. The highest BCUT2D eigenvalue weighted by Crippen LogP contribution is 2.22. The number of piperidine rings is 1. The van der Waals surface area contributed by atoms with Gasteiger partial charge in [0.25, 0.3) is 5.91 Å². The summed E-state index contributed by atoms with van der Waals surface area (Å²) in [7, 11) is 0. The van der Waals surface area contributed by atoms with Crippen LogP contribution in [0.4, 0.5) is 0 Å². The fourth-order valence-corrected chi connectivity index (χ4v) is 3.17. The molecule has 1 aromatic heterocycles. The predicted octanol–water partition coefficient (Wildman–Crippen LogP) is 3.44. The number of benzene rings is 1. The normalized spacial score (nSPS) is 14.5. The van der Waals surface area contributed by atoms with Gasteiger partial charge in [-0.3, -0.25) is 4.79 Å². The first-order valence-electron chi connectivity index (χ1n) is 7.26. The van der Waals surface area contributed by atoms with Crippen LogP contribution in [0.5, 0.6) is 0 Å². The van der Waals surface area contributed by atoms with Gasteiger partial charge in [0.05, 0.1) is 10.7 Å². The fourth-order valence-electron chi connectivity index (χ4n) is 2.55. The van der Waals surface area contributed by atoms with Gasteiger partial charge >= 0.3 is 0 Å². The zero-order chi connectivity index (χ0) is 14.7. The van der Waals surface area contributed by atoms with Gasteiger partial charge in [-0.1, -0.05) is 12.1 Å². The van der Waals surface area contributed by atoms with Gasteiger partial charge < -0.3 is 10.6 Å². The van der Waals surface area contributed by atoms with Crippen molar-refractivity contribution in [2.24, 2.45) is 0 Å². The number of nitrogens with zero attached hydrogens (tertiary/aromatic N) is 1. The zero-order valence-corrected chi connectivity index (χ0v) is 15.3. The smallest absolute Gasteiger partial charge is 0.251 e. The Labute approximate surface area is 152 Å². The molecule has 1 aliphatic heterocycles. The zero-order valence-electron chi connectivity index (χ0n) is 12.9. The monoisotopic (exact) mass is 373 g/mol. The van der Waals surface area contributed by atoms with Gasteiger partial charge in [-0.25, -0.2) is 4.98 Å². The Hall–Kier alpha value is -1.14. The molecule has 126 valence electrons. The van der Waals surface area contributed by atoms with E-state index in [2.05, 4.69) is 15.6 Å². The first-order chi connectivity index (χ1) is 10.2. The van der Waals surface area contributed by atoms with Crippen molar-refractivity contribution >= 4 is 42.1 Å². The van der Waals surface area contributed by atoms with Crippen LogP contribution < -0.4 is 10.6 Å². The third-order valence-electron chi connectivity index (χ3n) is 3.71. The summed E-state index contributed by atoms with van der Waals surface area (Å²) in [5, 5.41) is 9.49. The van der Waals surface area contributed by atoms with Crippen LogP contribution in [-0.2, 0) is 0 Å². The van der Waals surface area contributed by atoms with E-state index in [9.17, 15) is 4.79 Å². The van der Waals surface area contributed by atoms with E-state index >= 15 is 0 Å². The van der Waals surface area contributed by atoms with E-state index in [1.54, 1.807) is 11.3 Å². The number of rotatable bonds is 3. The van der Waals surface area contributed by atoms with E-state index in [1.165, 1.54) is 0 Å². The number of aromatic nitrogens is 1. The maximum atomic E-state index is 12.4. The van der Waals surface area contributed by atoms with Crippen LogP contribution in [0.3, 0.4) is 0 Å². The van der Waals surface area contributed by atoms with E-state index in [4.69, 9.17) is 0 Å². The molecule has 0 bridgehead atoms. The van der Waals surface area contributed by atoms with Crippen LogP contribution in [0.2, 0.25) is 0 Å². The molecule has 7 heteroatoms. The molecule has 1 amide bonds. The minimum Gasteiger partial charge on any atom is -0.349 e. The van der Waals surface area contributed by atoms with Crippen LogP contribution in [0.15, 0.2) is 29.6 Å². The molecule has 2 heterocycles. The maximum Gasteiger partial charge on any atom is 0.251 e. The van der Waals surface area contributed by atoms with E-state index < -0.39 is 0 Å². The summed E-state index contributed by atoms with van der Waals surface area (Å²) in [6.07, 6.45) is 1.99. The number of halogens is 2. The summed E-state index contributed by atoms with van der Waals surface area (Å²) in [6, 6.07) is 7.98. The number of thiazole rings is 1. The second kappa shape index (κ2) is 9.23. The molecule has 3 rings (SSSR count). The van der Waals surface area contributed by atoms with Gasteiger partial charge in [-0.15, -0.1) is 36.2 Å². The maximum absolute atomic E-state index is 12.4. The van der Waals surface area contributed by atoms with Gasteiger partial charge in [0, 0.05) is 22.5 Å². The molecule has 2 aromatic rings. The Morgan fingerprint density at radius 2 is 2.04 bits per heavy atom. The molecular formula is C16H21Cl2N3OS. The first-order valence-corrected chi connectivity index (χ1v) is 8.14. The van der Waals surface area contributed by atoms with Gasteiger partial charge in [0.1, 0.15) is 0 Å². The van der Waals surface area contributed by atoms with Gasteiger partial charge in [-0.05, 0) is 45.0 Å². The Morgan fingerprint density at radius 3 is 2.70 bits per heavy atom. The molecule has 0 aliphatic carbocycles. The largest absolute Gasteiger partial charge is 0.349 e. The van der Waals surface area contributed by atoms with Crippen molar-refractivity contribution < 1.29 is 4.79 Å². The molecule has 4 nitrogen and oxygen atoms in total. The molecule has 1 aromatic carbocycles. The Balaban J connectivity index is 0.00000132. The number of carbonyl (C=O) groups is 1. The number of hydrogen-bond acceptors (Lipinski definition) is 4. The third kappa shape index (κ3) is 5.18. The lowest BCUT2D eigenvalue weighted by Crippen LogP contribution is -2.42. The minimum atomic E-state index is 0. The molecule has 1 aliphatic rings. The molecule has 2 N–H and O–H groups in total. The van der Waals surface area contributed by atoms with Crippen molar-refractivity contribution in [3.05, 3.63) is 40.2 Å². The summed E-state index contributed by atoms with van der Waals surface area (Å²) < 4.78 is 0. The van der Waals surface area contributed by atoms with Crippen molar-refractivity contribution in [2.75, 3.05) is 13.1 Å². The molecule has 0 saturated carbocycles. The van der Waals surface area contributed by atoms with Crippen LogP contribution in [0, 0.1) is 6.92 Å². The molecule has 23 heavy (non-hydrogen) atoms. The molecule has 0 radical (unpaired) electrons. The lowest BCUT2D eigenvalue weighted by atomic mass is 10.0. The molecule has 1 fully saturated rings. The highest BCUT2D eigenvalue weighted by atomic mass is 35.5. The van der Waals surface area contributed by atoms with Crippen LogP contribution >= 0.6 is 36.2 Å². The highest BCUT2D eigenvalue weighted by molar-refractivity contribution is 7.09. The van der Waals surface area contributed by atoms with Crippen molar-refractivity contribution in [2.45, 2.75) is 25.8 Å². The number of amides is 1. The third-order valence-corrected chi connectivity index (χ3v) is 4.49. The molecule has 1 saturated heterocycles. The number of hydrogen-bond donors (Lipinski definition) is 2. The molecule has 0 spiro atoms. The summed E-state index contributed by atoms with van der Waals surface area (Å²) in [5.74, 6) is 0.00991. The van der Waals surface area contributed by atoms with E-state index in [1.807, 2.05) is 36.6 Å². The quantitative estimate of drug-likeness (QED) is 0.865. The summed E-state index contributed by atoms with van der Waals surface area (Å²) >= 11 is 1.62. The first kappa shape index (κ1) is 19.9. The number of aryl methyl sites for hydroxylation is 1. The minimum absolute atomic E-state index is 0. The average molecular weight is 374 g/mol. The van der Waals surface area contributed by atoms with E-state index in [0.29, 0.717) is 5.56 Å². The highest BCUT2D eigenvalue weighted by Gasteiger charge is 2.16. The topological polar surface area (TPSA) is 54.0 Å². The summed E-state index contributed by atoms with van der Waals surface area (Å²) in [5.41, 5.74) is 2.64. The van der Waals surface area contributed by atoms with Crippen molar-refractivity contribution in [3.63, 3.8) is 0 Å². The lowest BCUT2D eigenvalue weighted by Gasteiger charge is -2.23. The Morgan fingerprint density at radius 1 is 1.30 bits per heavy atom. The Kier molecular flexibility index (Phi) is 7.99. The van der Waals surface area contributed by atoms with Gasteiger partial charge in [-0.2, -0.15) is 0 Å². The molecule has 0 atom stereocenters. The Bertz CT molecular complexity index is 642. The van der Waals surface area contributed by atoms with Crippen molar-refractivity contribution in [1.29, 1.82) is 0 Å². The SMILES string of the molecule is Cc1nc(-c2cccc(C(=O)NC3CCNCC3)c2)cs1.Cl.Cl. The second-order valence-electron chi connectivity index (χ2n) is 5.33. The fraction of sp³-hybridized carbons (Fsp3) is 0.375. The van der Waals surface area contributed by atoms with E-state index in [-0.39, 0.29) is 36.8 Å². The van der Waals surface area contributed by atoms with Crippen LogP contribution in [-0.4, -0.2) is 30.0 Å². The summed E-state index contributed by atoms with van der Waals surface area (Å²) in [4.78, 5) is 16.8. The molecule has 0 unspecified atom stereocenters. The second-order valence-corrected chi connectivity index (χ2v) is 6.39. The van der Waals surface area contributed by atoms with Gasteiger partial charge in [0.2, 0.25) is 0 Å². The standard InChI is InChI=1S/C16H19N3OS.2ClH/c1-11-18-15(10-21-11)12-3-2-4-13(9-12)16(20)19-14-5-7-17-8-6-14;;/h2-4,9-10,14,17H,5-8H2,1H3,(H,19,20);2*1H. The van der Waals surface area contributed by atoms with Crippen LogP contribution in [0.25, 0.3) is 11.3 Å². The number of nitrogens with one attached hydrogen (secondary N) is 2. The lowest BCUT2D eigenvalue weighted by molar-refractivity contribution is 0.0929. The van der Waals surface area contributed by atoms with Crippen molar-refractivity contribution in [1.82, 2.24) is 15.6 Å².